The Hall–Kier alpha value is -2.01. The first kappa shape index (κ1) is 15.9. The number of carbonyl (C=O) groups is 1. The molecule has 2 heterocycles. The van der Waals surface area contributed by atoms with E-state index in [9.17, 15) is 9.90 Å². The molecule has 124 valence electrons. The first-order chi connectivity index (χ1) is 10.8. The van der Waals surface area contributed by atoms with E-state index in [0.717, 1.165) is 17.1 Å². The second kappa shape index (κ2) is 5.57. The lowest BCUT2D eigenvalue weighted by Crippen LogP contribution is -2.38. The summed E-state index contributed by atoms with van der Waals surface area (Å²) >= 11 is 0. The highest BCUT2D eigenvalue weighted by molar-refractivity contribution is 5.95. The third kappa shape index (κ3) is 3.06. The number of amides is 1. The van der Waals surface area contributed by atoms with Crippen molar-refractivity contribution in [3.8, 4) is 0 Å². The Morgan fingerprint density at radius 3 is 2.65 bits per heavy atom. The predicted molar refractivity (Wildman–Crippen MR) is 87.5 cm³/mol. The maximum absolute atomic E-state index is 12.5. The fourth-order valence-corrected chi connectivity index (χ4v) is 3.06. The molecule has 1 aliphatic rings. The number of nitrogens with one attached hydrogen (secondary N) is 1. The van der Waals surface area contributed by atoms with E-state index in [-0.39, 0.29) is 12.5 Å². The summed E-state index contributed by atoms with van der Waals surface area (Å²) in [5, 5.41) is 13.3. The summed E-state index contributed by atoms with van der Waals surface area (Å²) in [5.41, 5.74) is 1.56. The highest BCUT2D eigenvalue weighted by Crippen LogP contribution is 2.38. The summed E-state index contributed by atoms with van der Waals surface area (Å²) in [5.74, 6) is 1.03. The van der Waals surface area contributed by atoms with E-state index < -0.39 is 5.60 Å². The van der Waals surface area contributed by atoms with Gasteiger partial charge in [-0.05, 0) is 58.7 Å². The van der Waals surface area contributed by atoms with Gasteiger partial charge in [0, 0.05) is 17.4 Å². The Kier molecular flexibility index (Phi) is 3.84. The number of aromatic nitrogens is 1. The van der Waals surface area contributed by atoms with Gasteiger partial charge in [0.25, 0.3) is 5.91 Å². The summed E-state index contributed by atoms with van der Waals surface area (Å²) in [4.78, 5) is 12.5. The molecule has 2 N–H and O–H groups in total. The number of nitrogens with zero attached hydrogens (tertiary/aromatic N) is 1. The lowest BCUT2D eigenvalue weighted by atomic mass is 10.0. The van der Waals surface area contributed by atoms with E-state index in [1.807, 2.05) is 26.8 Å². The summed E-state index contributed by atoms with van der Waals surface area (Å²) in [7, 11) is 0. The van der Waals surface area contributed by atoms with Crippen LogP contribution in [0, 0.1) is 20.8 Å². The highest BCUT2D eigenvalue weighted by atomic mass is 16.4. The smallest absolute Gasteiger partial charge is 0.253 e. The Balaban J connectivity index is 1.71. The van der Waals surface area contributed by atoms with Crippen molar-refractivity contribution in [1.29, 1.82) is 0 Å². The molecule has 2 aromatic rings. The quantitative estimate of drug-likeness (QED) is 0.891. The first-order valence-corrected chi connectivity index (χ1v) is 8.05. The van der Waals surface area contributed by atoms with Crippen LogP contribution in [-0.4, -0.2) is 22.1 Å². The first-order valence-electron chi connectivity index (χ1n) is 8.05. The van der Waals surface area contributed by atoms with E-state index in [1.165, 1.54) is 12.8 Å². The lowest BCUT2D eigenvalue weighted by Gasteiger charge is -2.21. The number of hydrogen-bond donors (Lipinski definition) is 2. The zero-order valence-corrected chi connectivity index (χ0v) is 14.1. The SMILES string of the molecule is Cc1ccc(C(C)(O)CNC(=O)c2cc(C)n(C3CC3)c2C)o1. The van der Waals surface area contributed by atoms with Gasteiger partial charge in [-0.1, -0.05) is 0 Å². The minimum atomic E-state index is -1.23. The molecule has 0 aliphatic heterocycles. The van der Waals surface area contributed by atoms with Gasteiger partial charge in [-0.25, -0.2) is 0 Å². The summed E-state index contributed by atoms with van der Waals surface area (Å²) in [6, 6.07) is 6.01. The van der Waals surface area contributed by atoms with Gasteiger partial charge in [0.2, 0.25) is 0 Å². The number of hydrogen-bond acceptors (Lipinski definition) is 3. The molecule has 0 spiro atoms. The lowest BCUT2D eigenvalue weighted by molar-refractivity contribution is 0.0323. The third-order valence-electron chi connectivity index (χ3n) is 4.51. The number of aryl methyl sites for hydroxylation is 2. The van der Waals surface area contributed by atoms with Gasteiger partial charge in [0.15, 0.2) is 0 Å². The third-order valence-corrected chi connectivity index (χ3v) is 4.51. The number of aliphatic hydroxyl groups is 1. The molecule has 1 fully saturated rings. The Labute approximate surface area is 136 Å². The standard InChI is InChI=1S/C18H24N2O3/c1-11-9-15(13(3)20(11)14-6-7-14)17(21)19-10-18(4,22)16-8-5-12(2)23-16/h5,8-9,14,22H,6-7,10H2,1-4H3,(H,19,21). The number of carbonyl (C=O) groups excluding carboxylic acids is 1. The molecular formula is C18H24N2O3. The second-order valence-corrected chi connectivity index (χ2v) is 6.75. The van der Waals surface area contributed by atoms with Crippen LogP contribution in [0.2, 0.25) is 0 Å². The molecule has 2 aromatic heterocycles. The topological polar surface area (TPSA) is 67.4 Å². The van der Waals surface area contributed by atoms with Crippen molar-refractivity contribution in [1.82, 2.24) is 9.88 Å². The molecule has 0 saturated heterocycles. The molecule has 5 nitrogen and oxygen atoms in total. The molecule has 5 heteroatoms. The summed E-state index contributed by atoms with van der Waals surface area (Å²) in [6.45, 7) is 7.58. The summed E-state index contributed by atoms with van der Waals surface area (Å²) < 4.78 is 7.71. The van der Waals surface area contributed by atoms with Crippen LogP contribution in [0.4, 0.5) is 0 Å². The highest BCUT2D eigenvalue weighted by Gasteiger charge is 2.30. The van der Waals surface area contributed by atoms with Gasteiger partial charge < -0.3 is 19.4 Å². The van der Waals surface area contributed by atoms with Crippen LogP contribution in [0.25, 0.3) is 0 Å². The van der Waals surface area contributed by atoms with E-state index >= 15 is 0 Å². The van der Waals surface area contributed by atoms with Gasteiger partial charge in [-0.2, -0.15) is 0 Å². The Bertz CT molecular complexity index is 736. The minimum absolute atomic E-state index is 0.103. The maximum atomic E-state index is 12.5. The van der Waals surface area contributed by atoms with Gasteiger partial charge in [-0.3, -0.25) is 4.79 Å². The normalized spacial score (nSPS) is 17.1. The molecule has 1 aliphatic carbocycles. The van der Waals surface area contributed by atoms with Crippen molar-refractivity contribution in [2.24, 2.45) is 0 Å². The van der Waals surface area contributed by atoms with Crippen LogP contribution in [0.5, 0.6) is 0 Å². The van der Waals surface area contributed by atoms with E-state index in [4.69, 9.17) is 4.42 Å². The van der Waals surface area contributed by atoms with E-state index in [1.54, 1.807) is 19.1 Å². The van der Waals surface area contributed by atoms with Crippen LogP contribution in [0.3, 0.4) is 0 Å². The van der Waals surface area contributed by atoms with Crippen LogP contribution in [0.15, 0.2) is 22.6 Å². The average molecular weight is 316 g/mol. The van der Waals surface area contributed by atoms with Crippen molar-refractivity contribution in [2.75, 3.05) is 6.54 Å². The van der Waals surface area contributed by atoms with Crippen molar-refractivity contribution >= 4 is 5.91 Å². The van der Waals surface area contributed by atoms with Crippen molar-refractivity contribution < 1.29 is 14.3 Å². The molecule has 23 heavy (non-hydrogen) atoms. The number of rotatable bonds is 5. The fraction of sp³-hybridized carbons (Fsp3) is 0.500. The van der Waals surface area contributed by atoms with Gasteiger partial charge in [0.1, 0.15) is 17.1 Å². The molecular weight excluding hydrogens is 292 g/mol. The monoisotopic (exact) mass is 316 g/mol. The molecule has 1 unspecified atom stereocenters. The summed E-state index contributed by atoms with van der Waals surface area (Å²) in [6.07, 6.45) is 2.37. The molecule has 1 amide bonds. The molecule has 0 aromatic carbocycles. The molecule has 0 radical (unpaired) electrons. The van der Waals surface area contributed by atoms with E-state index in [0.29, 0.717) is 17.4 Å². The Morgan fingerprint density at radius 1 is 1.39 bits per heavy atom. The van der Waals surface area contributed by atoms with Crippen molar-refractivity contribution in [3.05, 3.63) is 46.7 Å². The van der Waals surface area contributed by atoms with Crippen LogP contribution in [0.1, 0.15) is 59.1 Å². The van der Waals surface area contributed by atoms with Crippen molar-refractivity contribution in [3.63, 3.8) is 0 Å². The minimum Gasteiger partial charge on any atom is -0.463 e. The van der Waals surface area contributed by atoms with Gasteiger partial charge in [0.05, 0.1) is 12.1 Å². The maximum Gasteiger partial charge on any atom is 0.253 e. The number of furan rings is 1. The molecule has 0 bridgehead atoms. The largest absolute Gasteiger partial charge is 0.463 e. The van der Waals surface area contributed by atoms with Crippen molar-refractivity contribution in [2.45, 2.75) is 52.2 Å². The van der Waals surface area contributed by atoms with Crippen LogP contribution in [-0.2, 0) is 5.60 Å². The molecule has 1 saturated carbocycles. The fourth-order valence-electron chi connectivity index (χ4n) is 3.06. The van der Waals surface area contributed by atoms with Crippen LogP contribution >= 0.6 is 0 Å². The van der Waals surface area contributed by atoms with Gasteiger partial charge in [-0.15, -0.1) is 0 Å². The predicted octanol–water partition coefficient (Wildman–Crippen LogP) is 2.98. The second-order valence-electron chi connectivity index (χ2n) is 6.75. The zero-order valence-electron chi connectivity index (χ0n) is 14.1. The Morgan fingerprint density at radius 2 is 2.09 bits per heavy atom. The van der Waals surface area contributed by atoms with Gasteiger partial charge >= 0.3 is 0 Å². The van der Waals surface area contributed by atoms with E-state index in [2.05, 4.69) is 9.88 Å². The molecule has 3 rings (SSSR count). The zero-order chi connectivity index (χ0) is 16.8. The average Bonchev–Trinajstić information content (AvgIpc) is 3.14. The molecule has 1 atom stereocenters. The van der Waals surface area contributed by atoms with Crippen LogP contribution < -0.4 is 5.32 Å².